The van der Waals surface area contributed by atoms with Gasteiger partial charge in [0.15, 0.2) is 0 Å². The predicted octanol–water partition coefficient (Wildman–Crippen LogP) is 3.82. The molecule has 1 aliphatic rings. The quantitative estimate of drug-likeness (QED) is 0.616. The highest BCUT2D eigenvalue weighted by Gasteiger charge is 2.20. The number of benzene rings is 1. The first-order valence-corrected chi connectivity index (χ1v) is 9.30. The Morgan fingerprint density at radius 3 is 2.48 bits per heavy atom. The molecule has 0 aliphatic carbocycles. The van der Waals surface area contributed by atoms with Gasteiger partial charge in [-0.1, -0.05) is 0 Å². The van der Waals surface area contributed by atoms with Crippen LogP contribution in [0.15, 0.2) is 36.5 Å². The minimum absolute atomic E-state index is 0.0357. The highest BCUT2D eigenvalue weighted by Crippen LogP contribution is 2.26. The minimum atomic E-state index is -0.414. The lowest BCUT2D eigenvalue weighted by atomic mass is 9.96. The van der Waals surface area contributed by atoms with E-state index in [1.54, 1.807) is 13.0 Å². The number of hydrogen-bond acceptors (Lipinski definition) is 6. The first-order chi connectivity index (χ1) is 12.9. The zero-order valence-electron chi connectivity index (χ0n) is 16.2. The van der Waals surface area contributed by atoms with Crippen molar-refractivity contribution < 1.29 is 4.92 Å². The van der Waals surface area contributed by atoms with Gasteiger partial charge in [-0.25, -0.2) is 4.98 Å². The van der Waals surface area contributed by atoms with Crippen LogP contribution in [0.5, 0.6) is 0 Å². The monoisotopic (exact) mass is 369 g/mol. The third kappa shape index (κ3) is 4.95. The Labute approximate surface area is 160 Å². The van der Waals surface area contributed by atoms with Crippen LogP contribution in [0.4, 0.5) is 22.9 Å². The summed E-state index contributed by atoms with van der Waals surface area (Å²) in [6.07, 6.45) is 3.75. The number of aryl methyl sites for hydroxylation is 1. The molecule has 1 fully saturated rings. The third-order valence-electron chi connectivity index (χ3n) is 5.02. The molecular weight excluding hydrogens is 342 g/mol. The van der Waals surface area contributed by atoms with Gasteiger partial charge in [-0.2, -0.15) is 0 Å². The molecule has 0 saturated carbocycles. The zero-order chi connectivity index (χ0) is 19.4. The molecule has 3 rings (SSSR count). The van der Waals surface area contributed by atoms with Gasteiger partial charge in [0.1, 0.15) is 12.0 Å². The van der Waals surface area contributed by atoms with E-state index in [1.165, 1.54) is 31.3 Å². The van der Waals surface area contributed by atoms with Crippen molar-refractivity contribution in [2.75, 3.05) is 43.9 Å². The van der Waals surface area contributed by atoms with Gasteiger partial charge in [0, 0.05) is 36.6 Å². The predicted molar refractivity (Wildman–Crippen MR) is 109 cm³/mol. The molecule has 0 unspecified atom stereocenters. The van der Waals surface area contributed by atoms with E-state index >= 15 is 0 Å². The smallest absolute Gasteiger partial charge is 0.290 e. The molecule has 2 heterocycles. The van der Waals surface area contributed by atoms with E-state index in [1.807, 2.05) is 12.1 Å². The first-order valence-electron chi connectivity index (χ1n) is 9.30. The fourth-order valence-electron chi connectivity index (χ4n) is 3.60. The molecular formula is C20H27N5O2. The second-order valence-electron chi connectivity index (χ2n) is 7.48. The number of rotatable bonds is 6. The summed E-state index contributed by atoms with van der Waals surface area (Å²) in [6.45, 7) is 5.06. The molecule has 27 heavy (non-hydrogen) atoms. The molecule has 0 bridgehead atoms. The Balaban J connectivity index is 1.59. The fourth-order valence-corrected chi connectivity index (χ4v) is 3.60. The van der Waals surface area contributed by atoms with E-state index in [4.69, 9.17) is 0 Å². The van der Waals surface area contributed by atoms with Crippen LogP contribution < -0.4 is 10.2 Å². The van der Waals surface area contributed by atoms with Gasteiger partial charge in [0.2, 0.25) is 0 Å². The number of aromatic nitrogens is 1. The lowest BCUT2D eigenvalue weighted by molar-refractivity contribution is -0.385. The van der Waals surface area contributed by atoms with Crippen molar-refractivity contribution in [1.82, 2.24) is 9.88 Å². The lowest BCUT2D eigenvalue weighted by Gasteiger charge is -2.34. The lowest BCUT2D eigenvalue weighted by Crippen LogP contribution is -2.37. The van der Waals surface area contributed by atoms with Crippen molar-refractivity contribution in [2.24, 2.45) is 5.92 Å². The standard InChI is InChI=1S/C20H27N5O2/c1-15-12-20(21-13-19(15)25(26)27)22-17-4-6-18(7-5-17)24-10-8-16(9-11-24)14-23(2)3/h4-7,12-13,16H,8-11,14H2,1-3H3,(H,21,22). The number of piperidine rings is 1. The number of anilines is 3. The SMILES string of the molecule is Cc1cc(Nc2ccc(N3CCC(CN(C)C)CC3)cc2)ncc1[N+](=O)[O-]. The number of nitrogens with one attached hydrogen (secondary N) is 1. The Morgan fingerprint density at radius 2 is 1.93 bits per heavy atom. The largest absolute Gasteiger partial charge is 0.372 e. The van der Waals surface area contributed by atoms with Crippen molar-refractivity contribution in [2.45, 2.75) is 19.8 Å². The van der Waals surface area contributed by atoms with Crippen LogP contribution in [-0.4, -0.2) is 48.5 Å². The van der Waals surface area contributed by atoms with Crippen LogP contribution >= 0.6 is 0 Å². The van der Waals surface area contributed by atoms with Gasteiger partial charge < -0.3 is 15.1 Å². The number of nitrogens with zero attached hydrogens (tertiary/aromatic N) is 4. The molecule has 1 saturated heterocycles. The Hall–Kier alpha value is -2.67. The maximum atomic E-state index is 10.9. The highest BCUT2D eigenvalue weighted by atomic mass is 16.6. The third-order valence-corrected chi connectivity index (χ3v) is 5.02. The summed E-state index contributed by atoms with van der Waals surface area (Å²) in [5, 5.41) is 14.1. The van der Waals surface area contributed by atoms with Crippen molar-refractivity contribution in [1.29, 1.82) is 0 Å². The number of hydrogen-bond donors (Lipinski definition) is 1. The van der Waals surface area contributed by atoms with Gasteiger partial charge in [-0.3, -0.25) is 10.1 Å². The second kappa shape index (κ2) is 8.35. The Kier molecular flexibility index (Phi) is 5.91. The number of nitro groups is 1. The molecule has 7 heteroatoms. The molecule has 144 valence electrons. The van der Waals surface area contributed by atoms with E-state index in [-0.39, 0.29) is 5.69 Å². The molecule has 0 amide bonds. The minimum Gasteiger partial charge on any atom is -0.372 e. The Morgan fingerprint density at radius 1 is 1.26 bits per heavy atom. The van der Waals surface area contributed by atoms with Gasteiger partial charge in [0.05, 0.1) is 4.92 Å². The molecule has 0 spiro atoms. The van der Waals surface area contributed by atoms with Crippen LogP contribution in [-0.2, 0) is 0 Å². The van der Waals surface area contributed by atoms with Crippen LogP contribution in [0.1, 0.15) is 18.4 Å². The van der Waals surface area contributed by atoms with E-state index in [0.29, 0.717) is 11.4 Å². The summed E-state index contributed by atoms with van der Waals surface area (Å²) < 4.78 is 0. The zero-order valence-corrected chi connectivity index (χ0v) is 16.2. The average molecular weight is 369 g/mol. The molecule has 1 N–H and O–H groups in total. The summed E-state index contributed by atoms with van der Waals surface area (Å²) in [7, 11) is 4.28. The van der Waals surface area contributed by atoms with Gasteiger partial charge in [-0.15, -0.1) is 0 Å². The highest BCUT2D eigenvalue weighted by molar-refractivity contribution is 5.62. The second-order valence-corrected chi connectivity index (χ2v) is 7.48. The van der Waals surface area contributed by atoms with E-state index < -0.39 is 4.92 Å². The first kappa shape index (κ1) is 19.1. The molecule has 0 radical (unpaired) electrons. The number of pyridine rings is 1. The van der Waals surface area contributed by atoms with Gasteiger partial charge in [0.25, 0.3) is 5.69 Å². The maximum Gasteiger partial charge on any atom is 0.290 e. The molecule has 1 aromatic carbocycles. The van der Waals surface area contributed by atoms with Crippen molar-refractivity contribution in [3.63, 3.8) is 0 Å². The van der Waals surface area contributed by atoms with E-state index in [0.717, 1.165) is 24.7 Å². The van der Waals surface area contributed by atoms with Crippen molar-refractivity contribution in [3.8, 4) is 0 Å². The fraction of sp³-hybridized carbons (Fsp3) is 0.450. The Bertz CT molecular complexity index is 783. The molecule has 7 nitrogen and oxygen atoms in total. The molecule has 2 aromatic rings. The summed E-state index contributed by atoms with van der Waals surface area (Å²) in [4.78, 5) is 19.3. The summed E-state index contributed by atoms with van der Waals surface area (Å²) in [5.41, 5.74) is 2.78. The van der Waals surface area contributed by atoms with Gasteiger partial charge >= 0.3 is 0 Å². The van der Waals surface area contributed by atoms with E-state index in [2.05, 4.69) is 46.3 Å². The summed E-state index contributed by atoms with van der Waals surface area (Å²) in [5.74, 6) is 1.39. The molecule has 0 atom stereocenters. The maximum absolute atomic E-state index is 10.9. The summed E-state index contributed by atoms with van der Waals surface area (Å²) >= 11 is 0. The van der Waals surface area contributed by atoms with Crippen molar-refractivity contribution in [3.05, 3.63) is 52.2 Å². The van der Waals surface area contributed by atoms with Crippen LogP contribution in [0.25, 0.3) is 0 Å². The average Bonchev–Trinajstić information content (AvgIpc) is 2.62. The van der Waals surface area contributed by atoms with Crippen molar-refractivity contribution >= 4 is 22.9 Å². The molecule has 1 aliphatic heterocycles. The molecule has 1 aromatic heterocycles. The van der Waals surface area contributed by atoms with Crippen LogP contribution in [0, 0.1) is 23.0 Å². The van der Waals surface area contributed by atoms with E-state index in [9.17, 15) is 10.1 Å². The normalized spacial score (nSPS) is 15.2. The topological polar surface area (TPSA) is 74.5 Å². The van der Waals surface area contributed by atoms with Gasteiger partial charge in [-0.05, 0) is 70.1 Å². The van der Waals surface area contributed by atoms with Crippen LogP contribution in [0.2, 0.25) is 0 Å². The summed E-state index contributed by atoms with van der Waals surface area (Å²) in [6, 6.07) is 9.99. The van der Waals surface area contributed by atoms with Crippen LogP contribution in [0.3, 0.4) is 0 Å².